The van der Waals surface area contributed by atoms with Crippen molar-refractivity contribution in [1.29, 1.82) is 0 Å². The van der Waals surface area contributed by atoms with Crippen molar-refractivity contribution in [2.24, 2.45) is 0 Å². The molecule has 0 bridgehead atoms. The van der Waals surface area contributed by atoms with Crippen LogP contribution in [-0.2, 0) is 4.79 Å². The number of benzene rings is 1. The number of aliphatic carboxylic acids is 1. The van der Waals surface area contributed by atoms with E-state index in [1.165, 1.54) is 6.07 Å². The third-order valence-corrected chi connectivity index (χ3v) is 1.78. The second-order valence-electron chi connectivity index (χ2n) is 2.72. The van der Waals surface area contributed by atoms with Crippen LogP contribution in [0.3, 0.4) is 0 Å². The van der Waals surface area contributed by atoms with E-state index in [0.29, 0.717) is 5.56 Å². The van der Waals surface area contributed by atoms with Gasteiger partial charge in [0.25, 0.3) is 0 Å². The van der Waals surface area contributed by atoms with Gasteiger partial charge in [0, 0.05) is 5.56 Å². The first-order chi connectivity index (χ1) is 6.04. The third kappa shape index (κ3) is 1.75. The highest BCUT2D eigenvalue weighted by molar-refractivity contribution is 6.14. The molecule has 1 aromatic rings. The Balaban J connectivity index is 3.23. The number of halogens is 1. The molecule has 2 nitrogen and oxygen atoms in total. The van der Waals surface area contributed by atoms with Crippen LogP contribution in [0.15, 0.2) is 24.8 Å². The van der Waals surface area contributed by atoms with E-state index in [1.807, 2.05) is 0 Å². The fraction of sp³-hybridized carbons (Fsp3) is 0.100. The van der Waals surface area contributed by atoms with Crippen molar-refractivity contribution >= 4 is 11.5 Å². The molecule has 1 aromatic carbocycles. The molecule has 0 heterocycles. The summed E-state index contributed by atoms with van der Waals surface area (Å²) in [6.45, 7) is 4.86. The molecule has 0 aliphatic carbocycles. The van der Waals surface area contributed by atoms with E-state index >= 15 is 0 Å². The van der Waals surface area contributed by atoms with Crippen LogP contribution in [0.2, 0.25) is 0 Å². The summed E-state index contributed by atoms with van der Waals surface area (Å²) < 4.78 is 13.3. The predicted molar refractivity (Wildman–Crippen MR) is 47.8 cm³/mol. The van der Waals surface area contributed by atoms with E-state index in [-0.39, 0.29) is 11.1 Å². The van der Waals surface area contributed by atoms with Gasteiger partial charge in [-0.3, -0.25) is 0 Å². The van der Waals surface area contributed by atoms with E-state index in [9.17, 15) is 9.18 Å². The van der Waals surface area contributed by atoms with Gasteiger partial charge in [-0.2, -0.15) is 0 Å². The summed E-state index contributed by atoms with van der Waals surface area (Å²) in [5.74, 6) is -1.72. The zero-order valence-electron chi connectivity index (χ0n) is 7.17. The Labute approximate surface area is 75.3 Å². The van der Waals surface area contributed by atoms with Crippen molar-refractivity contribution in [3.05, 3.63) is 41.7 Å². The fourth-order valence-corrected chi connectivity index (χ4v) is 0.996. The van der Waals surface area contributed by atoms with Gasteiger partial charge in [-0.25, -0.2) is 9.18 Å². The van der Waals surface area contributed by atoms with E-state index in [2.05, 4.69) is 6.58 Å². The first-order valence-electron chi connectivity index (χ1n) is 3.71. The summed E-state index contributed by atoms with van der Waals surface area (Å²) in [6, 6.07) is 4.58. The van der Waals surface area contributed by atoms with E-state index in [4.69, 9.17) is 5.11 Å². The lowest BCUT2D eigenvalue weighted by atomic mass is 10.0. The fourth-order valence-electron chi connectivity index (χ4n) is 0.996. The summed E-state index contributed by atoms with van der Waals surface area (Å²) in [7, 11) is 0. The van der Waals surface area contributed by atoms with Crippen LogP contribution >= 0.6 is 0 Å². The predicted octanol–water partition coefficient (Wildman–Crippen LogP) is 2.23. The summed E-state index contributed by atoms with van der Waals surface area (Å²) in [4.78, 5) is 10.5. The van der Waals surface area contributed by atoms with Gasteiger partial charge in [0.2, 0.25) is 0 Å². The molecule has 0 atom stereocenters. The molecule has 0 unspecified atom stereocenters. The summed E-state index contributed by atoms with van der Waals surface area (Å²) in [5.41, 5.74) is 0.244. The van der Waals surface area contributed by atoms with Gasteiger partial charge in [-0.15, -0.1) is 0 Å². The van der Waals surface area contributed by atoms with E-state index in [0.717, 1.165) is 0 Å². The molecular formula is C10H9FO2. The van der Waals surface area contributed by atoms with Crippen LogP contribution in [0.1, 0.15) is 11.1 Å². The first kappa shape index (κ1) is 9.45. The number of hydrogen-bond acceptors (Lipinski definition) is 1. The first-order valence-corrected chi connectivity index (χ1v) is 3.71. The molecule has 0 spiro atoms. The number of aryl methyl sites for hydroxylation is 1. The highest BCUT2D eigenvalue weighted by Crippen LogP contribution is 2.19. The van der Waals surface area contributed by atoms with Crippen LogP contribution in [0, 0.1) is 12.7 Å². The molecule has 0 aromatic heterocycles. The van der Waals surface area contributed by atoms with Gasteiger partial charge in [0.1, 0.15) is 5.82 Å². The van der Waals surface area contributed by atoms with Crippen molar-refractivity contribution in [3.63, 3.8) is 0 Å². The highest BCUT2D eigenvalue weighted by Gasteiger charge is 2.12. The molecule has 0 fully saturated rings. The standard InChI is InChI=1S/C10H9FO2/c1-6-4-3-5-8(9(6)11)7(2)10(12)13/h3-5H,2H2,1H3,(H,12,13). The Hall–Kier alpha value is -1.64. The Morgan fingerprint density at radius 2 is 2.15 bits per heavy atom. The minimum atomic E-state index is -1.20. The lowest BCUT2D eigenvalue weighted by molar-refractivity contribution is -0.130. The molecule has 0 amide bonds. The Morgan fingerprint density at radius 3 is 2.69 bits per heavy atom. The third-order valence-electron chi connectivity index (χ3n) is 1.78. The lowest BCUT2D eigenvalue weighted by Crippen LogP contribution is -2.01. The second kappa shape index (κ2) is 3.39. The van der Waals surface area contributed by atoms with Gasteiger partial charge in [-0.05, 0) is 12.5 Å². The molecule has 3 heteroatoms. The van der Waals surface area contributed by atoms with Gasteiger partial charge in [0.15, 0.2) is 0 Å². The molecule has 68 valence electrons. The minimum Gasteiger partial charge on any atom is -0.478 e. The molecule has 13 heavy (non-hydrogen) atoms. The average Bonchev–Trinajstić information content (AvgIpc) is 2.08. The van der Waals surface area contributed by atoms with Crippen molar-refractivity contribution in [1.82, 2.24) is 0 Å². The average molecular weight is 180 g/mol. The van der Waals surface area contributed by atoms with Gasteiger partial charge < -0.3 is 5.11 Å². The topological polar surface area (TPSA) is 37.3 Å². The summed E-state index contributed by atoms with van der Waals surface area (Å²) in [6.07, 6.45) is 0. The van der Waals surface area contributed by atoms with E-state index < -0.39 is 11.8 Å². The maximum absolute atomic E-state index is 13.3. The molecule has 0 saturated carbocycles. The minimum absolute atomic E-state index is 0.0486. The normalized spacial score (nSPS) is 9.69. The molecular weight excluding hydrogens is 171 g/mol. The molecule has 1 rings (SSSR count). The van der Waals surface area contributed by atoms with Crippen LogP contribution in [0.5, 0.6) is 0 Å². The van der Waals surface area contributed by atoms with Crippen LogP contribution in [0.4, 0.5) is 4.39 Å². The number of carboxylic acid groups (broad SMARTS) is 1. The van der Waals surface area contributed by atoms with Crippen molar-refractivity contribution in [3.8, 4) is 0 Å². The van der Waals surface area contributed by atoms with Crippen LogP contribution < -0.4 is 0 Å². The largest absolute Gasteiger partial charge is 0.478 e. The molecule has 0 aliphatic heterocycles. The SMILES string of the molecule is C=C(C(=O)O)c1cccc(C)c1F. The van der Waals surface area contributed by atoms with Crippen molar-refractivity contribution in [2.75, 3.05) is 0 Å². The monoisotopic (exact) mass is 180 g/mol. The van der Waals surface area contributed by atoms with Crippen molar-refractivity contribution < 1.29 is 14.3 Å². The second-order valence-corrected chi connectivity index (χ2v) is 2.72. The highest BCUT2D eigenvalue weighted by atomic mass is 19.1. The maximum Gasteiger partial charge on any atom is 0.335 e. The molecule has 0 saturated heterocycles. The van der Waals surface area contributed by atoms with E-state index in [1.54, 1.807) is 19.1 Å². The Kier molecular flexibility index (Phi) is 2.46. The van der Waals surface area contributed by atoms with Crippen LogP contribution in [-0.4, -0.2) is 11.1 Å². The molecule has 0 radical (unpaired) electrons. The zero-order chi connectivity index (χ0) is 10.0. The van der Waals surface area contributed by atoms with Crippen molar-refractivity contribution in [2.45, 2.75) is 6.92 Å². The number of carbonyl (C=O) groups is 1. The number of carboxylic acids is 1. The molecule has 1 N–H and O–H groups in total. The Bertz CT molecular complexity index is 369. The summed E-state index contributed by atoms with van der Waals surface area (Å²) in [5, 5.41) is 8.58. The van der Waals surface area contributed by atoms with Gasteiger partial charge in [0.05, 0.1) is 5.57 Å². The summed E-state index contributed by atoms with van der Waals surface area (Å²) >= 11 is 0. The molecule has 0 aliphatic rings. The zero-order valence-corrected chi connectivity index (χ0v) is 7.17. The quantitative estimate of drug-likeness (QED) is 0.708. The number of hydrogen-bond donors (Lipinski definition) is 1. The Morgan fingerprint density at radius 1 is 1.54 bits per heavy atom. The van der Waals surface area contributed by atoms with Gasteiger partial charge >= 0.3 is 5.97 Å². The van der Waals surface area contributed by atoms with Crippen LogP contribution in [0.25, 0.3) is 5.57 Å². The maximum atomic E-state index is 13.3. The van der Waals surface area contributed by atoms with Gasteiger partial charge in [-0.1, -0.05) is 24.8 Å². The number of rotatable bonds is 2. The smallest absolute Gasteiger partial charge is 0.335 e. The lowest BCUT2D eigenvalue weighted by Gasteiger charge is -2.03.